The van der Waals surface area contributed by atoms with Gasteiger partial charge in [-0.15, -0.1) is 0 Å². The van der Waals surface area contributed by atoms with Gasteiger partial charge in [0.05, 0.1) is 11.7 Å². The summed E-state index contributed by atoms with van der Waals surface area (Å²) in [5.41, 5.74) is 2.78. The number of amides is 1. The number of hydrogen-bond donors (Lipinski definition) is 2. The summed E-state index contributed by atoms with van der Waals surface area (Å²) >= 11 is 0. The van der Waals surface area contributed by atoms with Gasteiger partial charge in [-0.2, -0.15) is 0 Å². The molecule has 2 N–H and O–H groups in total. The van der Waals surface area contributed by atoms with Crippen LogP contribution in [0.15, 0.2) is 18.2 Å². The largest absolute Gasteiger partial charge is 0.385 e. The third-order valence-electron chi connectivity index (χ3n) is 3.84. The second kappa shape index (κ2) is 6.75. The fourth-order valence-corrected chi connectivity index (χ4v) is 2.74. The lowest BCUT2D eigenvalue weighted by Crippen LogP contribution is -2.33. The Labute approximate surface area is 120 Å². The maximum absolute atomic E-state index is 12.4. The van der Waals surface area contributed by atoms with Crippen molar-refractivity contribution < 1.29 is 9.53 Å². The molecule has 2 unspecified atom stereocenters. The van der Waals surface area contributed by atoms with Crippen LogP contribution in [0.2, 0.25) is 0 Å². The Bertz CT molecular complexity index is 474. The number of nitrogens with one attached hydrogen (secondary N) is 2. The van der Waals surface area contributed by atoms with Crippen LogP contribution in [0.25, 0.3) is 0 Å². The van der Waals surface area contributed by atoms with E-state index in [2.05, 4.69) is 10.6 Å². The van der Waals surface area contributed by atoms with Crippen molar-refractivity contribution in [3.05, 3.63) is 29.3 Å². The summed E-state index contributed by atoms with van der Waals surface area (Å²) in [6.07, 6.45) is 3.21. The van der Waals surface area contributed by atoms with Gasteiger partial charge in [-0.05, 0) is 50.8 Å². The molecule has 2 atom stereocenters. The molecule has 0 aliphatic heterocycles. The van der Waals surface area contributed by atoms with Gasteiger partial charge in [-0.3, -0.25) is 4.79 Å². The molecule has 4 heteroatoms. The van der Waals surface area contributed by atoms with Crippen LogP contribution in [0.5, 0.6) is 0 Å². The monoisotopic (exact) mass is 276 g/mol. The number of rotatable bonds is 5. The van der Waals surface area contributed by atoms with Gasteiger partial charge in [0, 0.05) is 25.4 Å². The first kappa shape index (κ1) is 14.9. The second-order valence-electron chi connectivity index (χ2n) is 5.42. The number of anilines is 1. The van der Waals surface area contributed by atoms with E-state index in [-0.39, 0.29) is 18.1 Å². The third kappa shape index (κ3) is 3.51. The minimum absolute atomic E-state index is 0.00250. The first-order valence-electron chi connectivity index (χ1n) is 7.32. The highest BCUT2D eigenvalue weighted by molar-refractivity contribution is 5.99. The van der Waals surface area contributed by atoms with E-state index in [9.17, 15) is 4.79 Å². The van der Waals surface area contributed by atoms with Crippen LogP contribution >= 0.6 is 0 Å². The third-order valence-corrected chi connectivity index (χ3v) is 3.84. The Hall–Kier alpha value is -1.55. The van der Waals surface area contributed by atoms with E-state index in [0.29, 0.717) is 0 Å². The number of hydrogen-bond acceptors (Lipinski definition) is 3. The predicted molar refractivity (Wildman–Crippen MR) is 81.2 cm³/mol. The SMILES string of the molecule is CCNc1cc(C)ccc1C(=O)NC1CCC(OC)C1. The number of methoxy groups -OCH3 is 1. The zero-order chi connectivity index (χ0) is 14.5. The van der Waals surface area contributed by atoms with Crippen LogP contribution in [-0.2, 0) is 4.74 Å². The fourth-order valence-electron chi connectivity index (χ4n) is 2.74. The lowest BCUT2D eigenvalue weighted by molar-refractivity contribution is 0.0916. The first-order chi connectivity index (χ1) is 9.63. The average molecular weight is 276 g/mol. The minimum atomic E-state index is 0.00250. The van der Waals surface area contributed by atoms with Crippen LogP contribution < -0.4 is 10.6 Å². The molecule has 2 rings (SSSR count). The highest BCUT2D eigenvalue weighted by atomic mass is 16.5. The minimum Gasteiger partial charge on any atom is -0.385 e. The molecule has 1 aromatic carbocycles. The van der Waals surface area contributed by atoms with E-state index in [1.807, 2.05) is 32.0 Å². The molecule has 0 heterocycles. The zero-order valence-corrected chi connectivity index (χ0v) is 12.5. The van der Waals surface area contributed by atoms with Gasteiger partial charge in [0.1, 0.15) is 0 Å². The number of carbonyl (C=O) groups excluding carboxylic acids is 1. The van der Waals surface area contributed by atoms with E-state index in [4.69, 9.17) is 4.74 Å². The Morgan fingerprint density at radius 2 is 2.20 bits per heavy atom. The molecule has 1 fully saturated rings. The summed E-state index contributed by atoms with van der Waals surface area (Å²) < 4.78 is 5.34. The smallest absolute Gasteiger partial charge is 0.253 e. The number of aryl methyl sites for hydroxylation is 1. The Kier molecular flexibility index (Phi) is 5.01. The summed E-state index contributed by atoms with van der Waals surface area (Å²) in [6.45, 7) is 4.87. The van der Waals surface area contributed by atoms with Crippen LogP contribution in [0.1, 0.15) is 42.1 Å². The number of carbonyl (C=O) groups is 1. The topological polar surface area (TPSA) is 50.4 Å². The molecule has 1 amide bonds. The van der Waals surface area contributed by atoms with E-state index < -0.39 is 0 Å². The Morgan fingerprint density at radius 3 is 2.85 bits per heavy atom. The Balaban J connectivity index is 2.05. The first-order valence-corrected chi connectivity index (χ1v) is 7.32. The summed E-state index contributed by atoms with van der Waals surface area (Å²) in [5, 5.41) is 6.38. The van der Waals surface area contributed by atoms with Crippen molar-refractivity contribution >= 4 is 11.6 Å². The molecule has 0 radical (unpaired) electrons. The van der Waals surface area contributed by atoms with E-state index in [0.717, 1.165) is 42.6 Å². The van der Waals surface area contributed by atoms with E-state index >= 15 is 0 Å². The normalized spacial score (nSPS) is 21.8. The molecule has 110 valence electrons. The molecule has 1 aliphatic rings. The van der Waals surface area contributed by atoms with Crippen molar-refractivity contribution in [1.29, 1.82) is 0 Å². The standard InChI is InChI=1S/C16H24N2O2/c1-4-17-15-9-11(2)5-8-14(15)16(19)18-12-6-7-13(10-12)20-3/h5,8-9,12-13,17H,4,6-7,10H2,1-3H3,(H,18,19). The quantitative estimate of drug-likeness (QED) is 0.869. The summed E-state index contributed by atoms with van der Waals surface area (Å²) in [5.74, 6) is 0.00250. The lowest BCUT2D eigenvalue weighted by atomic mass is 10.1. The van der Waals surface area contributed by atoms with Crippen molar-refractivity contribution in [2.24, 2.45) is 0 Å². The Morgan fingerprint density at radius 1 is 1.40 bits per heavy atom. The molecule has 1 aromatic rings. The summed E-state index contributed by atoms with van der Waals surface area (Å²) in [4.78, 5) is 12.4. The summed E-state index contributed by atoms with van der Waals surface area (Å²) in [7, 11) is 1.73. The molecule has 20 heavy (non-hydrogen) atoms. The van der Waals surface area contributed by atoms with E-state index in [1.165, 1.54) is 0 Å². The molecule has 0 bridgehead atoms. The highest BCUT2D eigenvalue weighted by Gasteiger charge is 2.26. The maximum atomic E-state index is 12.4. The van der Waals surface area contributed by atoms with Gasteiger partial charge in [-0.25, -0.2) is 0 Å². The maximum Gasteiger partial charge on any atom is 0.253 e. The second-order valence-corrected chi connectivity index (χ2v) is 5.42. The van der Waals surface area contributed by atoms with Crippen molar-refractivity contribution in [3.8, 4) is 0 Å². The molecule has 0 spiro atoms. The van der Waals surface area contributed by atoms with Crippen molar-refractivity contribution in [2.45, 2.75) is 45.3 Å². The summed E-state index contributed by atoms with van der Waals surface area (Å²) in [6, 6.07) is 6.11. The zero-order valence-electron chi connectivity index (χ0n) is 12.5. The van der Waals surface area contributed by atoms with Crippen molar-refractivity contribution in [1.82, 2.24) is 5.32 Å². The highest BCUT2D eigenvalue weighted by Crippen LogP contribution is 2.23. The van der Waals surface area contributed by atoms with Gasteiger partial charge in [0.15, 0.2) is 0 Å². The van der Waals surface area contributed by atoms with Crippen LogP contribution in [0.4, 0.5) is 5.69 Å². The van der Waals surface area contributed by atoms with Crippen molar-refractivity contribution in [2.75, 3.05) is 19.0 Å². The fraction of sp³-hybridized carbons (Fsp3) is 0.562. The van der Waals surface area contributed by atoms with E-state index in [1.54, 1.807) is 7.11 Å². The molecule has 1 saturated carbocycles. The van der Waals surface area contributed by atoms with Crippen LogP contribution in [0.3, 0.4) is 0 Å². The number of benzene rings is 1. The molecule has 1 aliphatic carbocycles. The molecule has 0 aromatic heterocycles. The van der Waals surface area contributed by atoms with Gasteiger partial charge in [-0.1, -0.05) is 6.07 Å². The van der Waals surface area contributed by atoms with Crippen LogP contribution in [-0.4, -0.2) is 31.7 Å². The predicted octanol–water partition coefficient (Wildman–Crippen LogP) is 2.72. The molecular formula is C16H24N2O2. The molecular weight excluding hydrogens is 252 g/mol. The molecule has 4 nitrogen and oxygen atoms in total. The average Bonchev–Trinajstić information content (AvgIpc) is 2.87. The van der Waals surface area contributed by atoms with Gasteiger partial charge in [0.2, 0.25) is 0 Å². The van der Waals surface area contributed by atoms with Crippen LogP contribution in [0, 0.1) is 6.92 Å². The van der Waals surface area contributed by atoms with Gasteiger partial charge < -0.3 is 15.4 Å². The number of ether oxygens (including phenoxy) is 1. The van der Waals surface area contributed by atoms with Crippen molar-refractivity contribution in [3.63, 3.8) is 0 Å². The van der Waals surface area contributed by atoms with Gasteiger partial charge in [0.25, 0.3) is 5.91 Å². The lowest BCUT2D eigenvalue weighted by Gasteiger charge is -2.16. The molecule has 0 saturated heterocycles. The van der Waals surface area contributed by atoms with Gasteiger partial charge >= 0.3 is 0 Å².